The van der Waals surface area contributed by atoms with Gasteiger partial charge in [0.1, 0.15) is 0 Å². The Hall–Kier alpha value is -3.85. The lowest BCUT2D eigenvalue weighted by Crippen LogP contribution is -2.18. The molecule has 154 valence electrons. The molecule has 0 heterocycles. The van der Waals surface area contributed by atoms with E-state index in [0.717, 1.165) is 0 Å². The summed E-state index contributed by atoms with van der Waals surface area (Å²) in [5.41, 5.74) is 3.64. The van der Waals surface area contributed by atoms with Crippen molar-refractivity contribution >= 4 is 27.8 Å². The number of hydrogen-bond donors (Lipinski definition) is 3. The van der Waals surface area contributed by atoms with Crippen LogP contribution in [0.4, 0.5) is 5.69 Å². The highest BCUT2D eigenvalue weighted by Gasteiger charge is 2.13. The van der Waals surface area contributed by atoms with Crippen molar-refractivity contribution in [1.82, 2.24) is 5.43 Å². The summed E-state index contributed by atoms with van der Waals surface area (Å²) in [5.74, 6) is -0.171. The summed E-state index contributed by atoms with van der Waals surface area (Å²) in [6.45, 7) is 0. The molecule has 0 radical (unpaired) electrons. The van der Waals surface area contributed by atoms with E-state index in [0.29, 0.717) is 22.6 Å². The number of benzene rings is 3. The van der Waals surface area contributed by atoms with Gasteiger partial charge in [0.2, 0.25) is 0 Å². The third-order valence-electron chi connectivity index (χ3n) is 4.04. The topological polar surface area (TPSA) is 117 Å². The van der Waals surface area contributed by atoms with Gasteiger partial charge in [-0.25, -0.2) is 13.8 Å². The number of hydrogen-bond acceptors (Lipinski definition) is 6. The van der Waals surface area contributed by atoms with Gasteiger partial charge in [-0.05, 0) is 60.2 Å². The van der Waals surface area contributed by atoms with E-state index >= 15 is 0 Å². The zero-order valence-electron chi connectivity index (χ0n) is 15.9. The van der Waals surface area contributed by atoms with Gasteiger partial charge in [-0.1, -0.05) is 18.2 Å². The summed E-state index contributed by atoms with van der Waals surface area (Å²) in [6, 6.07) is 18.6. The molecule has 9 heteroatoms. The van der Waals surface area contributed by atoms with Gasteiger partial charge in [-0.3, -0.25) is 9.52 Å². The first-order valence-corrected chi connectivity index (χ1v) is 10.3. The van der Waals surface area contributed by atoms with Crippen molar-refractivity contribution in [3.05, 3.63) is 83.9 Å². The molecule has 0 spiro atoms. The molecule has 0 aliphatic rings. The van der Waals surface area contributed by atoms with E-state index in [1.807, 2.05) is 0 Å². The number of nitrogens with zero attached hydrogens (tertiary/aromatic N) is 1. The summed E-state index contributed by atoms with van der Waals surface area (Å²) < 4.78 is 32.1. The molecule has 1 amide bonds. The summed E-state index contributed by atoms with van der Waals surface area (Å²) >= 11 is 0. The number of anilines is 1. The number of phenols is 1. The highest BCUT2D eigenvalue weighted by molar-refractivity contribution is 7.92. The molecule has 0 bridgehead atoms. The largest absolute Gasteiger partial charge is 0.504 e. The van der Waals surface area contributed by atoms with Crippen LogP contribution in [0, 0.1) is 0 Å². The summed E-state index contributed by atoms with van der Waals surface area (Å²) in [7, 11) is -2.27. The molecule has 30 heavy (non-hydrogen) atoms. The number of ether oxygens (including phenoxy) is 1. The molecular weight excluding hydrogens is 406 g/mol. The van der Waals surface area contributed by atoms with Crippen LogP contribution in [0.2, 0.25) is 0 Å². The van der Waals surface area contributed by atoms with Crippen molar-refractivity contribution in [2.75, 3.05) is 11.8 Å². The van der Waals surface area contributed by atoms with Crippen LogP contribution >= 0.6 is 0 Å². The third-order valence-corrected chi connectivity index (χ3v) is 5.43. The fourth-order valence-corrected chi connectivity index (χ4v) is 3.59. The third kappa shape index (κ3) is 5.15. The van der Waals surface area contributed by atoms with Gasteiger partial charge in [0.05, 0.1) is 18.2 Å². The Labute approximate surface area is 173 Å². The molecule has 0 saturated heterocycles. The predicted octanol–water partition coefficient (Wildman–Crippen LogP) is 2.97. The molecule has 0 aliphatic heterocycles. The second-order valence-corrected chi connectivity index (χ2v) is 7.81. The quantitative estimate of drug-likeness (QED) is 0.397. The van der Waals surface area contributed by atoms with Crippen LogP contribution in [-0.4, -0.2) is 32.8 Å². The van der Waals surface area contributed by atoms with Gasteiger partial charge < -0.3 is 9.84 Å². The van der Waals surface area contributed by atoms with Gasteiger partial charge in [0.25, 0.3) is 15.9 Å². The van der Waals surface area contributed by atoms with Gasteiger partial charge in [-0.2, -0.15) is 5.10 Å². The highest BCUT2D eigenvalue weighted by atomic mass is 32.2. The molecule has 8 nitrogen and oxygen atoms in total. The summed E-state index contributed by atoms with van der Waals surface area (Å²) in [4.78, 5) is 12.3. The van der Waals surface area contributed by atoms with E-state index in [1.54, 1.807) is 30.3 Å². The Morgan fingerprint density at radius 3 is 2.40 bits per heavy atom. The Morgan fingerprint density at radius 1 is 1.03 bits per heavy atom. The molecule has 0 unspecified atom stereocenters. The minimum absolute atomic E-state index is 0.00154. The molecule has 0 saturated carbocycles. The van der Waals surface area contributed by atoms with Gasteiger partial charge >= 0.3 is 0 Å². The van der Waals surface area contributed by atoms with E-state index < -0.39 is 15.9 Å². The van der Waals surface area contributed by atoms with Gasteiger partial charge in [0.15, 0.2) is 11.5 Å². The van der Waals surface area contributed by atoms with Crippen molar-refractivity contribution < 1.29 is 23.1 Å². The monoisotopic (exact) mass is 425 g/mol. The van der Waals surface area contributed by atoms with Gasteiger partial charge in [0, 0.05) is 11.3 Å². The molecule has 3 rings (SSSR count). The van der Waals surface area contributed by atoms with Gasteiger partial charge in [-0.15, -0.1) is 0 Å². The van der Waals surface area contributed by atoms with Crippen LogP contribution in [-0.2, 0) is 10.0 Å². The lowest BCUT2D eigenvalue weighted by molar-refractivity contribution is 0.0955. The highest BCUT2D eigenvalue weighted by Crippen LogP contribution is 2.25. The number of aromatic hydroxyl groups is 1. The zero-order valence-corrected chi connectivity index (χ0v) is 16.8. The molecule has 3 aromatic rings. The van der Waals surface area contributed by atoms with Crippen molar-refractivity contribution in [2.45, 2.75) is 4.90 Å². The molecule has 0 atom stereocenters. The molecular formula is C21H19N3O5S. The minimum atomic E-state index is -3.70. The fourth-order valence-electron chi connectivity index (χ4n) is 2.51. The maximum Gasteiger partial charge on any atom is 0.271 e. The van der Waals surface area contributed by atoms with Crippen LogP contribution < -0.4 is 14.9 Å². The lowest BCUT2D eigenvalue weighted by atomic mass is 10.2. The van der Waals surface area contributed by atoms with Crippen LogP contribution in [0.5, 0.6) is 11.5 Å². The standard InChI is InChI=1S/C21H19N3O5S/c1-29-20-13-15(7-12-19(20)25)14-22-23-21(26)16-8-10-17(11-9-16)24-30(27,28)18-5-3-2-4-6-18/h2-14,24-25H,1H3,(H,23,26)/b22-14-. The maximum absolute atomic E-state index is 12.3. The maximum atomic E-state index is 12.3. The SMILES string of the molecule is COc1cc(/C=N\NC(=O)c2ccc(NS(=O)(=O)c3ccccc3)cc2)ccc1O. The summed E-state index contributed by atoms with van der Waals surface area (Å²) in [5, 5.41) is 13.4. The van der Waals surface area contributed by atoms with Crippen LogP contribution in [0.25, 0.3) is 0 Å². The van der Waals surface area contributed by atoms with Crippen LogP contribution in [0.1, 0.15) is 15.9 Å². The average molecular weight is 425 g/mol. The first-order valence-electron chi connectivity index (χ1n) is 8.77. The Balaban J connectivity index is 1.62. The number of carbonyl (C=O) groups excluding carboxylic acids is 1. The number of amides is 1. The van der Waals surface area contributed by atoms with E-state index in [-0.39, 0.29) is 10.6 Å². The number of hydrazone groups is 1. The van der Waals surface area contributed by atoms with Crippen molar-refractivity contribution in [2.24, 2.45) is 5.10 Å². The van der Waals surface area contributed by atoms with E-state index in [4.69, 9.17) is 4.74 Å². The lowest BCUT2D eigenvalue weighted by Gasteiger charge is -2.08. The molecule has 0 aromatic heterocycles. The van der Waals surface area contributed by atoms with Crippen molar-refractivity contribution in [1.29, 1.82) is 0 Å². The zero-order chi connectivity index (χ0) is 21.6. The number of sulfonamides is 1. The molecule has 0 aliphatic carbocycles. The molecule has 0 fully saturated rings. The van der Waals surface area contributed by atoms with E-state index in [9.17, 15) is 18.3 Å². The first-order chi connectivity index (χ1) is 14.4. The number of carbonyl (C=O) groups is 1. The first kappa shape index (κ1) is 20.9. The van der Waals surface area contributed by atoms with E-state index in [1.165, 1.54) is 55.8 Å². The number of phenolic OH excluding ortho intramolecular Hbond substituents is 1. The Bertz CT molecular complexity index is 1160. The summed E-state index contributed by atoms with van der Waals surface area (Å²) in [6.07, 6.45) is 1.40. The fraction of sp³-hybridized carbons (Fsp3) is 0.0476. The number of methoxy groups -OCH3 is 1. The van der Waals surface area contributed by atoms with E-state index in [2.05, 4.69) is 15.2 Å². The normalized spacial score (nSPS) is 11.2. The second kappa shape index (κ2) is 9.10. The molecule has 3 aromatic carbocycles. The minimum Gasteiger partial charge on any atom is -0.504 e. The Morgan fingerprint density at radius 2 is 1.73 bits per heavy atom. The smallest absolute Gasteiger partial charge is 0.271 e. The van der Waals surface area contributed by atoms with Crippen molar-refractivity contribution in [3.63, 3.8) is 0 Å². The number of rotatable bonds is 7. The van der Waals surface area contributed by atoms with Crippen LogP contribution in [0.3, 0.4) is 0 Å². The molecule has 3 N–H and O–H groups in total. The Kier molecular flexibility index (Phi) is 6.33. The van der Waals surface area contributed by atoms with Crippen LogP contribution in [0.15, 0.2) is 82.8 Å². The number of nitrogens with one attached hydrogen (secondary N) is 2. The average Bonchev–Trinajstić information content (AvgIpc) is 2.75. The second-order valence-electron chi connectivity index (χ2n) is 6.13. The van der Waals surface area contributed by atoms with Crippen molar-refractivity contribution in [3.8, 4) is 11.5 Å². The predicted molar refractivity (Wildman–Crippen MR) is 113 cm³/mol.